The minimum Gasteiger partial charge on any atom is -0.493 e. The molecule has 3 N–H and O–H groups in total. The van der Waals surface area contributed by atoms with Gasteiger partial charge in [0, 0.05) is 31.1 Å². The molecule has 1 aliphatic heterocycles. The fourth-order valence-corrected chi connectivity index (χ4v) is 2.47. The monoisotopic (exact) mass is 252 g/mol. The summed E-state index contributed by atoms with van der Waals surface area (Å²) in [5, 5.41) is 3.35. The highest BCUT2D eigenvalue weighted by atomic mass is 16.5. The zero-order chi connectivity index (χ0) is 13.1. The standard InChI is InChI=1S/C13H20N2O3/c1-16-11-4-9-8(5-14)6-15-7-10(9)12(17-2)13(11)18-3/h4,8,15H,5-7,14H2,1-3H3. The molecule has 2 rings (SSSR count). The third-order valence-electron chi connectivity index (χ3n) is 3.38. The van der Waals surface area contributed by atoms with Crippen molar-refractivity contribution in [3.05, 3.63) is 17.2 Å². The minimum absolute atomic E-state index is 0.280. The average Bonchev–Trinajstić information content (AvgIpc) is 2.44. The molecule has 1 unspecified atom stereocenters. The van der Waals surface area contributed by atoms with Gasteiger partial charge in [0.05, 0.1) is 21.3 Å². The summed E-state index contributed by atoms with van der Waals surface area (Å²) < 4.78 is 16.2. The smallest absolute Gasteiger partial charge is 0.203 e. The van der Waals surface area contributed by atoms with Crippen LogP contribution in [0.3, 0.4) is 0 Å². The minimum atomic E-state index is 0.280. The zero-order valence-electron chi connectivity index (χ0n) is 11.1. The molecule has 0 aromatic heterocycles. The highest BCUT2D eigenvalue weighted by Crippen LogP contribution is 2.44. The molecule has 5 nitrogen and oxygen atoms in total. The number of rotatable bonds is 4. The summed E-state index contributed by atoms with van der Waals surface area (Å²) in [5.41, 5.74) is 8.11. The van der Waals surface area contributed by atoms with Crippen molar-refractivity contribution in [2.75, 3.05) is 34.4 Å². The van der Waals surface area contributed by atoms with Gasteiger partial charge in [-0.25, -0.2) is 0 Å². The Morgan fingerprint density at radius 1 is 1.22 bits per heavy atom. The molecular weight excluding hydrogens is 232 g/mol. The van der Waals surface area contributed by atoms with Gasteiger partial charge in [-0.2, -0.15) is 0 Å². The van der Waals surface area contributed by atoms with E-state index >= 15 is 0 Å². The van der Waals surface area contributed by atoms with E-state index in [0.29, 0.717) is 18.0 Å². The van der Waals surface area contributed by atoms with Gasteiger partial charge >= 0.3 is 0 Å². The van der Waals surface area contributed by atoms with Crippen molar-refractivity contribution < 1.29 is 14.2 Å². The molecule has 0 aliphatic carbocycles. The Morgan fingerprint density at radius 2 is 1.94 bits per heavy atom. The molecule has 1 heterocycles. The molecule has 0 amide bonds. The van der Waals surface area contributed by atoms with Gasteiger partial charge in [0.1, 0.15) is 0 Å². The molecule has 0 radical (unpaired) electrons. The van der Waals surface area contributed by atoms with Crippen LogP contribution in [0, 0.1) is 0 Å². The number of ether oxygens (including phenoxy) is 3. The van der Waals surface area contributed by atoms with E-state index in [1.165, 1.54) is 5.56 Å². The van der Waals surface area contributed by atoms with Gasteiger partial charge in [0.25, 0.3) is 0 Å². The maximum Gasteiger partial charge on any atom is 0.203 e. The number of hydrogen-bond donors (Lipinski definition) is 2. The van der Waals surface area contributed by atoms with Gasteiger partial charge in [-0.15, -0.1) is 0 Å². The van der Waals surface area contributed by atoms with E-state index in [9.17, 15) is 0 Å². The van der Waals surface area contributed by atoms with Crippen LogP contribution in [-0.4, -0.2) is 34.4 Å². The van der Waals surface area contributed by atoms with Crippen LogP contribution in [0.25, 0.3) is 0 Å². The molecule has 1 aromatic rings. The van der Waals surface area contributed by atoms with Gasteiger partial charge in [-0.05, 0) is 11.6 Å². The summed E-state index contributed by atoms with van der Waals surface area (Å²) in [6.45, 7) is 2.23. The topological polar surface area (TPSA) is 65.7 Å². The molecule has 5 heteroatoms. The number of benzene rings is 1. The number of nitrogens with two attached hydrogens (primary N) is 1. The molecule has 0 saturated heterocycles. The predicted molar refractivity (Wildman–Crippen MR) is 69.6 cm³/mol. The Bertz CT molecular complexity index is 435. The van der Waals surface area contributed by atoms with Gasteiger partial charge in [0.2, 0.25) is 5.75 Å². The Kier molecular flexibility index (Phi) is 3.93. The maximum atomic E-state index is 5.82. The second-order valence-electron chi connectivity index (χ2n) is 4.28. The molecule has 0 bridgehead atoms. The van der Waals surface area contributed by atoms with Crippen LogP contribution in [0.15, 0.2) is 6.07 Å². The van der Waals surface area contributed by atoms with Crippen molar-refractivity contribution in [1.82, 2.24) is 5.32 Å². The van der Waals surface area contributed by atoms with E-state index in [-0.39, 0.29) is 5.92 Å². The van der Waals surface area contributed by atoms with Crippen molar-refractivity contribution >= 4 is 0 Å². The van der Waals surface area contributed by atoms with E-state index in [4.69, 9.17) is 19.9 Å². The number of fused-ring (bicyclic) bond motifs is 1. The number of methoxy groups -OCH3 is 3. The third kappa shape index (κ3) is 2.00. The molecular formula is C13H20N2O3. The first-order chi connectivity index (χ1) is 8.76. The quantitative estimate of drug-likeness (QED) is 0.832. The van der Waals surface area contributed by atoms with Gasteiger partial charge in [0.15, 0.2) is 11.5 Å². The van der Waals surface area contributed by atoms with E-state index in [1.807, 2.05) is 6.07 Å². The first-order valence-corrected chi connectivity index (χ1v) is 5.99. The first kappa shape index (κ1) is 13.0. The SMILES string of the molecule is COc1cc2c(c(OC)c1OC)CNCC2CN. The third-order valence-corrected chi connectivity index (χ3v) is 3.38. The van der Waals surface area contributed by atoms with Crippen molar-refractivity contribution in [3.8, 4) is 17.2 Å². The lowest BCUT2D eigenvalue weighted by molar-refractivity contribution is 0.318. The lowest BCUT2D eigenvalue weighted by atomic mass is 9.89. The highest BCUT2D eigenvalue weighted by molar-refractivity contribution is 5.60. The second-order valence-corrected chi connectivity index (χ2v) is 4.28. The maximum absolute atomic E-state index is 5.82. The van der Waals surface area contributed by atoms with Gasteiger partial charge in [-0.3, -0.25) is 0 Å². The molecule has 0 saturated carbocycles. The summed E-state index contributed by atoms with van der Waals surface area (Å²) in [7, 11) is 4.88. The molecule has 0 fully saturated rings. The van der Waals surface area contributed by atoms with Crippen LogP contribution < -0.4 is 25.3 Å². The van der Waals surface area contributed by atoms with Crippen LogP contribution in [0.2, 0.25) is 0 Å². The van der Waals surface area contributed by atoms with Gasteiger partial charge in [-0.1, -0.05) is 0 Å². The van der Waals surface area contributed by atoms with Crippen molar-refractivity contribution in [1.29, 1.82) is 0 Å². The van der Waals surface area contributed by atoms with Gasteiger partial charge < -0.3 is 25.3 Å². The van der Waals surface area contributed by atoms with Crippen LogP contribution >= 0.6 is 0 Å². The summed E-state index contributed by atoms with van der Waals surface area (Å²) in [6.07, 6.45) is 0. The van der Waals surface area contributed by atoms with Crippen LogP contribution in [0.1, 0.15) is 17.0 Å². The molecule has 18 heavy (non-hydrogen) atoms. The lowest BCUT2D eigenvalue weighted by Gasteiger charge is -2.28. The van der Waals surface area contributed by atoms with Crippen LogP contribution in [0.4, 0.5) is 0 Å². The summed E-state index contributed by atoms with van der Waals surface area (Å²) in [4.78, 5) is 0. The average molecular weight is 252 g/mol. The first-order valence-electron chi connectivity index (χ1n) is 5.99. The molecule has 1 aromatic carbocycles. The second kappa shape index (κ2) is 5.46. The van der Waals surface area contributed by atoms with Crippen LogP contribution in [0.5, 0.6) is 17.2 Å². The fourth-order valence-electron chi connectivity index (χ4n) is 2.47. The number of hydrogen-bond acceptors (Lipinski definition) is 5. The molecule has 1 atom stereocenters. The summed E-state index contributed by atoms with van der Waals surface area (Å²) in [6, 6.07) is 2.01. The molecule has 0 spiro atoms. The van der Waals surface area contributed by atoms with Crippen molar-refractivity contribution in [2.24, 2.45) is 5.73 Å². The van der Waals surface area contributed by atoms with E-state index in [1.54, 1.807) is 21.3 Å². The fraction of sp³-hybridized carbons (Fsp3) is 0.538. The normalized spacial score (nSPS) is 18.1. The summed E-state index contributed by atoms with van der Waals surface area (Å²) >= 11 is 0. The lowest BCUT2D eigenvalue weighted by Crippen LogP contribution is -2.32. The Labute approximate surface area is 107 Å². The van der Waals surface area contributed by atoms with E-state index < -0.39 is 0 Å². The van der Waals surface area contributed by atoms with E-state index in [2.05, 4.69) is 5.32 Å². The predicted octanol–water partition coefficient (Wildman–Crippen LogP) is 0.858. The highest BCUT2D eigenvalue weighted by Gasteiger charge is 2.27. The molecule has 1 aliphatic rings. The van der Waals surface area contributed by atoms with Crippen LogP contribution in [-0.2, 0) is 6.54 Å². The Morgan fingerprint density at radius 3 is 2.50 bits per heavy atom. The van der Waals surface area contributed by atoms with E-state index in [0.717, 1.165) is 24.4 Å². The Hall–Kier alpha value is -1.46. The Balaban J connectivity index is 2.62. The number of nitrogens with one attached hydrogen (secondary N) is 1. The van der Waals surface area contributed by atoms with Crippen molar-refractivity contribution in [3.63, 3.8) is 0 Å². The largest absolute Gasteiger partial charge is 0.493 e. The molecule has 100 valence electrons. The van der Waals surface area contributed by atoms with Crippen molar-refractivity contribution in [2.45, 2.75) is 12.5 Å². The summed E-state index contributed by atoms with van der Waals surface area (Å²) in [5.74, 6) is 2.34. The zero-order valence-corrected chi connectivity index (χ0v) is 11.1.